The molecule has 0 aliphatic heterocycles. The van der Waals surface area contributed by atoms with Crippen molar-refractivity contribution in [1.29, 1.82) is 0 Å². The highest BCUT2D eigenvalue weighted by Crippen LogP contribution is 2.26. The number of nitrogens with zero attached hydrogens (tertiary/aromatic N) is 1. The molecule has 0 saturated heterocycles. The third-order valence-corrected chi connectivity index (χ3v) is 2.22. The normalized spacial score (nSPS) is 10.4. The molecule has 0 aliphatic rings. The van der Waals surface area contributed by atoms with Crippen molar-refractivity contribution in [2.24, 2.45) is 0 Å². The number of non-ortho nitro benzene ring substituents is 1. The standard InChI is InChI=1S/C11H16N2O5/c1-2-18-11-4-8(12-9(6-14)7-15)3-10(5-11)13(16)17/h3-5,9,12,14-15H,2,6-7H2,1H3. The molecule has 0 aromatic heterocycles. The Bertz CT molecular complexity index is 406. The van der Waals surface area contributed by atoms with Crippen molar-refractivity contribution < 1.29 is 19.9 Å². The second-order valence-corrected chi connectivity index (χ2v) is 3.61. The van der Waals surface area contributed by atoms with Gasteiger partial charge in [0.2, 0.25) is 0 Å². The smallest absolute Gasteiger partial charge is 0.275 e. The van der Waals surface area contributed by atoms with Crippen molar-refractivity contribution >= 4 is 11.4 Å². The van der Waals surface area contributed by atoms with Crippen molar-refractivity contribution in [3.63, 3.8) is 0 Å². The lowest BCUT2D eigenvalue weighted by Crippen LogP contribution is -2.27. The van der Waals surface area contributed by atoms with E-state index >= 15 is 0 Å². The number of benzene rings is 1. The van der Waals surface area contributed by atoms with Crippen molar-refractivity contribution in [2.45, 2.75) is 13.0 Å². The molecule has 1 rings (SSSR count). The second kappa shape index (κ2) is 6.77. The lowest BCUT2D eigenvalue weighted by Gasteiger charge is -2.15. The summed E-state index contributed by atoms with van der Waals surface area (Å²) in [6, 6.07) is 3.65. The zero-order valence-corrected chi connectivity index (χ0v) is 10.00. The van der Waals surface area contributed by atoms with E-state index in [4.69, 9.17) is 14.9 Å². The van der Waals surface area contributed by atoms with Gasteiger partial charge in [0.25, 0.3) is 5.69 Å². The third-order valence-electron chi connectivity index (χ3n) is 2.22. The molecule has 0 fully saturated rings. The van der Waals surface area contributed by atoms with E-state index < -0.39 is 11.0 Å². The van der Waals surface area contributed by atoms with E-state index in [-0.39, 0.29) is 18.9 Å². The van der Waals surface area contributed by atoms with Gasteiger partial charge in [-0.05, 0) is 6.92 Å². The minimum atomic E-state index is -0.568. The summed E-state index contributed by atoms with van der Waals surface area (Å²) in [6.45, 7) is 1.62. The highest BCUT2D eigenvalue weighted by Gasteiger charge is 2.13. The van der Waals surface area contributed by atoms with Gasteiger partial charge in [-0.2, -0.15) is 0 Å². The molecule has 7 nitrogen and oxygen atoms in total. The summed E-state index contributed by atoms with van der Waals surface area (Å²) in [6.07, 6.45) is 0. The van der Waals surface area contributed by atoms with Crippen LogP contribution < -0.4 is 10.1 Å². The summed E-state index contributed by atoms with van der Waals surface area (Å²) in [5, 5.41) is 31.4. The Morgan fingerprint density at radius 3 is 2.56 bits per heavy atom. The van der Waals surface area contributed by atoms with Crippen molar-refractivity contribution in [3.05, 3.63) is 28.3 Å². The summed E-state index contributed by atoms with van der Waals surface area (Å²) in [4.78, 5) is 10.2. The molecule has 0 aliphatic carbocycles. The van der Waals surface area contributed by atoms with Crippen molar-refractivity contribution in [3.8, 4) is 5.75 Å². The predicted octanol–water partition coefficient (Wildman–Crippen LogP) is 0.759. The average molecular weight is 256 g/mol. The number of nitro benzene ring substituents is 1. The molecule has 0 radical (unpaired) electrons. The number of aliphatic hydroxyl groups is 2. The molecular weight excluding hydrogens is 240 g/mol. The Morgan fingerprint density at radius 2 is 2.06 bits per heavy atom. The van der Waals surface area contributed by atoms with Crippen LogP contribution in [0.5, 0.6) is 5.75 Å². The van der Waals surface area contributed by atoms with Gasteiger partial charge in [0, 0.05) is 17.8 Å². The van der Waals surface area contributed by atoms with Gasteiger partial charge in [0.1, 0.15) is 5.75 Å². The molecule has 18 heavy (non-hydrogen) atoms. The van der Waals surface area contributed by atoms with Crippen LogP contribution in [-0.2, 0) is 0 Å². The fraction of sp³-hybridized carbons (Fsp3) is 0.455. The zero-order valence-electron chi connectivity index (χ0n) is 10.00. The first kappa shape index (κ1) is 14.2. The van der Waals surface area contributed by atoms with Crippen LogP contribution in [0.2, 0.25) is 0 Å². The Morgan fingerprint density at radius 1 is 1.39 bits per heavy atom. The number of hydrogen-bond donors (Lipinski definition) is 3. The fourth-order valence-electron chi connectivity index (χ4n) is 1.41. The maximum Gasteiger partial charge on any atom is 0.275 e. The molecule has 100 valence electrons. The van der Waals surface area contributed by atoms with Crippen LogP contribution in [-0.4, -0.2) is 41.0 Å². The highest BCUT2D eigenvalue weighted by atomic mass is 16.6. The topological polar surface area (TPSA) is 105 Å². The van der Waals surface area contributed by atoms with Gasteiger partial charge in [0.05, 0.1) is 36.9 Å². The van der Waals surface area contributed by atoms with E-state index in [9.17, 15) is 10.1 Å². The Kier molecular flexibility index (Phi) is 5.34. The van der Waals surface area contributed by atoms with Crippen LogP contribution in [0.3, 0.4) is 0 Å². The van der Waals surface area contributed by atoms with Crippen LogP contribution in [0.4, 0.5) is 11.4 Å². The molecule has 0 unspecified atom stereocenters. The first-order valence-corrected chi connectivity index (χ1v) is 5.51. The molecule has 1 aromatic rings. The monoisotopic (exact) mass is 256 g/mol. The fourth-order valence-corrected chi connectivity index (χ4v) is 1.41. The number of nitrogens with one attached hydrogen (secondary N) is 1. The quantitative estimate of drug-likeness (QED) is 0.491. The Hall–Kier alpha value is -1.86. The maximum absolute atomic E-state index is 10.8. The molecule has 3 N–H and O–H groups in total. The van der Waals surface area contributed by atoms with Gasteiger partial charge in [-0.1, -0.05) is 0 Å². The van der Waals surface area contributed by atoms with Crippen molar-refractivity contribution in [1.82, 2.24) is 0 Å². The Labute approximate surface area is 104 Å². The van der Waals surface area contributed by atoms with Gasteiger partial charge < -0.3 is 20.3 Å². The van der Waals surface area contributed by atoms with Gasteiger partial charge in [-0.15, -0.1) is 0 Å². The molecule has 1 aromatic carbocycles. The molecule has 0 bridgehead atoms. The lowest BCUT2D eigenvalue weighted by molar-refractivity contribution is -0.384. The number of aliphatic hydroxyl groups excluding tert-OH is 2. The first-order chi connectivity index (χ1) is 8.60. The summed E-state index contributed by atoms with van der Waals surface area (Å²) in [7, 11) is 0. The molecule has 0 atom stereocenters. The van der Waals surface area contributed by atoms with E-state index in [0.717, 1.165) is 0 Å². The van der Waals surface area contributed by atoms with Crippen LogP contribution >= 0.6 is 0 Å². The summed E-state index contributed by atoms with van der Waals surface area (Å²) in [5.41, 5.74) is 0.304. The molecule has 0 saturated carbocycles. The molecule has 0 spiro atoms. The number of rotatable bonds is 7. The van der Waals surface area contributed by atoms with Crippen LogP contribution in [0.25, 0.3) is 0 Å². The van der Waals surface area contributed by atoms with Gasteiger partial charge in [-0.25, -0.2) is 0 Å². The summed E-state index contributed by atoms with van der Waals surface area (Å²) in [5.74, 6) is 0.365. The van der Waals surface area contributed by atoms with Crippen LogP contribution in [0.1, 0.15) is 6.92 Å². The number of anilines is 1. The molecular formula is C11H16N2O5. The van der Waals surface area contributed by atoms with E-state index in [1.165, 1.54) is 12.1 Å². The minimum Gasteiger partial charge on any atom is -0.494 e. The average Bonchev–Trinajstić information content (AvgIpc) is 2.36. The maximum atomic E-state index is 10.8. The molecule has 0 amide bonds. The van der Waals surface area contributed by atoms with E-state index in [1.807, 2.05) is 0 Å². The minimum absolute atomic E-state index is 0.113. The van der Waals surface area contributed by atoms with Crippen LogP contribution in [0.15, 0.2) is 18.2 Å². The number of ether oxygens (including phenoxy) is 1. The van der Waals surface area contributed by atoms with E-state index in [0.29, 0.717) is 18.0 Å². The van der Waals surface area contributed by atoms with E-state index in [2.05, 4.69) is 5.32 Å². The third kappa shape index (κ3) is 3.86. The van der Waals surface area contributed by atoms with Gasteiger partial charge in [0.15, 0.2) is 0 Å². The SMILES string of the molecule is CCOc1cc(NC(CO)CO)cc([N+](=O)[O-])c1. The van der Waals surface area contributed by atoms with Gasteiger partial charge in [-0.3, -0.25) is 10.1 Å². The van der Waals surface area contributed by atoms with Gasteiger partial charge >= 0.3 is 0 Å². The molecule has 0 heterocycles. The number of hydrogen-bond acceptors (Lipinski definition) is 6. The zero-order chi connectivity index (χ0) is 13.5. The summed E-state index contributed by atoms with van der Waals surface area (Å²) < 4.78 is 5.22. The highest BCUT2D eigenvalue weighted by molar-refractivity contribution is 5.56. The van der Waals surface area contributed by atoms with Crippen molar-refractivity contribution in [2.75, 3.05) is 25.1 Å². The first-order valence-electron chi connectivity index (χ1n) is 5.51. The lowest BCUT2D eigenvalue weighted by atomic mass is 10.2. The van der Waals surface area contributed by atoms with E-state index in [1.54, 1.807) is 13.0 Å². The summed E-state index contributed by atoms with van der Waals surface area (Å²) >= 11 is 0. The largest absolute Gasteiger partial charge is 0.494 e. The second-order valence-electron chi connectivity index (χ2n) is 3.61. The Balaban J connectivity index is 2.98. The number of nitro groups is 1. The van der Waals surface area contributed by atoms with Crippen LogP contribution in [0, 0.1) is 10.1 Å². The molecule has 7 heteroatoms. The predicted molar refractivity (Wildman–Crippen MR) is 65.8 cm³/mol.